The maximum atomic E-state index is 4.71. The van der Waals surface area contributed by atoms with E-state index >= 15 is 0 Å². The maximum absolute atomic E-state index is 4.71. The van der Waals surface area contributed by atoms with Crippen molar-refractivity contribution in [1.82, 2.24) is 15.0 Å². The van der Waals surface area contributed by atoms with E-state index in [1.54, 1.807) is 6.20 Å². The van der Waals surface area contributed by atoms with Crippen LogP contribution in [0.3, 0.4) is 0 Å². The van der Waals surface area contributed by atoms with Gasteiger partial charge in [-0.15, -0.1) is 0 Å². The molecular formula is C18H13N3. The summed E-state index contributed by atoms with van der Waals surface area (Å²) in [6.45, 7) is 2.10. The Labute approximate surface area is 122 Å². The van der Waals surface area contributed by atoms with Crippen molar-refractivity contribution in [3.63, 3.8) is 0 Å². The van der Waals surface area contributed by atoms with Gasteiger partial charge in [0.15, 0.2) is 0 Å². The Hall–Kier alpha value is -2.81. The van der Waals surface area contributed by atoms with Crippen LogP contribution in [0.25, 0.3) is 33.3 Å². The van der Waals surface area contributed by atoms with Crippen molar-refractivity contribution in [3.8, 4) is 11.4 Å². The number of benzene rings is 2. The van der Waals surface area contributed by atoms with Gasteiger partial charge in [-0.3, -0.25) is 4.98 Å². The molecule has 3 nitrogen and oxygen atoms in total. The second-order valence-electron chi connectivity index (χ2n) is 5.09. The van der Waals surface area contributed by atoms with Gasteiger partial charge < -0.3 is 0 Å². The Balaban J connectivity index is 1.95. The van der Waals surface area contributed by atoms with Crippen molar-refractivity contribution in [2.45, 2.75) is 6.92 Å². The van der Waals surface area contributed by atoms with E-state index in [0.29, 0.717) is 0 Å². The molecule has 0 atom stereocenters. The van der Waals surface area contributed by atoms with Crippen molar-refractivity contribution in [2.24, 2.45) is 0 Å². The number of aromatic nitrogens is 3. The zero-order valence-corrected chi connectivity index (χ0v) is 11.6. The number of pyridine rings is 1. The largest absolute Gasteiger partial charge is 0.252 e. The summed E-state index contributed by atoms with van der Waals surface area (Å²) in [6.07, 6.45) is 1.79. The van der Waals surface area contributed by atoms with Crippen molar-refractivity contribution in [2.75, 3.05) is 0 Å². The van der Waals surface area contributed by atoms with Crippen LogP contribution in [0.5, 0.6) is 0 Å². The van der Waals surface area contributed by atoms with Gasteiger partial charge in [0.1, 0.15) is 5.69 Å². The first-order valence-corrected chi connectivity index (χ1v) is 6.90. The zero-order chi connectivity index (χ0) is 14.2. The molecule has 100 valence electrons. The van der Waals surface area contributed by atoms with Gasteiger partial charge in [-0.2, -0.15) is 0 Å². The standard InChI is InChI=1S/C18H13N3/c1-12-10-17(20-14-7-3-2-6-13(12)14)18-11-19-15-8-4-5-9-16(15)21-18/h2-11H,1H3. The summed E-state index contributed by atoms with van der Waals surface area (Å²) in [5, 5.41) is 1.18. The average molecular weight is 271 g/mol. The normalized spacial score (nSPS) is 11.1. The van der Waals surface area contributed by atoms with Crippen LogP contribution in [0.2, 0.25) is 0 Å². The summed E-state index contributed by atoms with van der Waals surface area (Å²) in [5.41, 5.74) is 5.65. The SMILES string of the molecule is Cc1cc(-c2cnc3ccccc3n2)nc2ccccc12. The topological polar surface area (TPSA) is 38.7 Å². The zero-order valence-electron chi connectivity index (χ0n) is 11.6. The van der Waals surface area contributed by atoms with Crippen LogP contribution in [-0.4, -0.2) is 15.0 Å². The smallest absolute Gasteiger partial charge is 0.108 e. The number of fused-ring (bicyclic) bond motifs is 2. The number of hydrogen-bond acceptors (Lipinski definition) is 3. The predicted octanol–water partition coefficient (Wildman–Crippen LogP) is 4.15. The molecule has 0 amide bonds. The van der Waals surface area contributed by atoms with Crippen LogP contribution < -0.4 is 0 Å². The van der Waals surface area contributed by atoms with Gasteiger partial charge in [0, 0.05) is 5.39 Å². The fraction of sp³-hybridized carbons (Fsp3) is 0.0556. The van der Waals surface area contributed by atoms with Crippen LogP contribution in [-0.2, 0) is 0 Å². The van der Waals surface area contributed by atoms with Crippen molar-refractivity contribution in [1.29, 1.82) is 0 Å². The number of rotatable bonds is 1. The Bertz CT molecular complexity index is 961. The van der Waals surface area contributed by atoms with Crippen molar-refractivity contribution < 1.29 is 0 Å². The van der Waals surface area contributed by atoms with Crippen molar-refractivity contribution >= 4 is 21.9 Å². The minimum absolute atomic E-state index is 0.808. The Morgan fingerprint density at radius 3 is 2.24 bits per heavy atom. The van der Waals surface area contributed by atoms with E-state index in [1.165, 1.54) is 10.9 Å². The van der Waals surface area contributed by atoms with Crippen LogP contribution in [0.4, 0.5) is 0 Å². The van der Waals surface area contributed by atoms with E-state index < -0.39 is 0 Å². The molecule has 21 heavy (non-hydrogen) atoms. The summed E-state index contributed by atoms with van der Waals surface area (Å²) >= 11 is 0. The molecule has 0 radical (unpaired) electrons. The summed E-state index contributed by atoms with van der Waals surface area (Å²) in [6, 6.07) is 18.1. The molecule has 0 saturated carbocycles. The third-order valence-corrected chi connectivity index (χ3v) is 3.63. The molecule has 0 fully saturated rings. The highest BCUT2D eigenvalue weighted by Gasteiger charge is 2.07. The maximum Gasteiger partial charge on any atom is 0.108 e. The molecule has 0 aliphatic rings. The minimum Gasteiger partial charge on any atom is -0.252 e. The molecule has 0 spiro atoms. The molecule has 4 aromatic rings. The number of para-hydroxylation sites is 3. The highest BCUT2D eigenvalue weighted by Crippen LogP contribution is 2.23. The first-order valence-electron chi connectivity index (χ1n) is 6.90. The van der Waals surface area contributed by atoms with E-state index in [2.05, 4.69) is 29.0 Å². The fourth-order valence-electron chi connectivity index (χ4n) is 2.56. The highest BCUT2D eigenvalue weighted by molar-refractivity contribution is 5.85. The van der Waals surface area contributed by atoms with Gasteiger partial charge in [0.05, 0.1) is 28.4 Å². The average Bonchev–Trinajstić information content (AvgIpc) is 2.54. The first-order chi connectivity index (χ1) is 10.3. The van der Waals surface area contributed by atoms with Gasteiger partial charge in [0.2, 0.25) is 0 Å². The van der Waals surface area contributed by atoms with Gasteiger partial charge in [-0.25, -0.2) is 9.97 Å². The first kappa shape index (κ1) is 12.0. The highest BCUT2D eigenvalue weighted by atomic mass is 14.8. The van der Waals surface area contributed by atoms with Crippen LogP contribution in [0.15, 0.2) is 60.8 Å². The summed E-state index contributed by atoms with van der Waals surface area (Å²) in [4.78, 5) is 13.8. The second-order valence-corrected chi connectivity index (χ2v) is 5.09. The molecule has 0 bridgehead atoms. The van der Waals surface area contributed by atoms with E-state index in [9.17, 15) is 0 Å². The molecule has 2 aromatic carbocycles. The third kappa shape index (κ3) is 2.03. The second kappa shape index (κ2) is 4.63. The third-order valence-electron chi connectivity index (χ3n) is 3.63. The molecular weight excluding hydrogens is 258 g/mol. The summed E-state index contributed by atoms with van der Waals surface area (Å²) in [5.74, 6) is 0. The summed E-state index contributed by atoms with van der Waals surface area (Å²) < 4.78 is 0. The molecule has 0 aliphatic carbocycles. The quantitative estimate of drug-likeness (QED) is 0.522. The molecule has 2 aromatic heterocycles. The van der Waals surface area contributed by atoms with E-state index in [-0.39, 0.29) is 0 Å². The molecule has 0 N–H and O–H groups in total. The van der Waals surface area contributed by atoms with Gasteiger partial charge >= 0.3 is 0 Å². The molecule has 2 heterocycles. The van der Waals surface area contributed by atoms with Crippen LogP contribution in [0, 0.1) is 6.92 Å². The predicted molar refractivity (Wildman–Crippen MR) is 85.0 cm³/mol. The molecule has 3 heteroatoms. The minimum atomic E-state index is 0.808. The van der Waals surface area contributed by atoms with E-state index in [4.69, 9.17) is 4.98 Å². The fourth-order valence-corrected chi connectivity index (χ4v) is 2.56. The monoisotopic (exact) mass is 271 g/mol. The van der Waals surface area contributed by atoms with Gasteiger partial charge in [-0.05, 0) is 36.8 Å². The summed E-state index contributed by atoms with van der Waals surface area (Å²) in [7, 11) is 0. The lowest BCUT2D eigenvalue weighted by Crippen LogP contribution is -1.93. The van der Waals surface area contributed by atoms with E-state index in [1.807, 2.05) is 42.5 Å². The molecule has 0 saturated heterocycles. The Morgan fingerprint density at radius 2 is 1.38 bits per heavy atom. The number of nitrogens with zero attached hydrogens (tertiary/aromatic N) is 3. The van der Waals surface area contributed by atoms with Gasteiger partial charge in [0.25, 0.3) is 0 Å². The Morgan fingerprint density at radius 1 is 0.714 bits per heavy atom. The lowest BCUT2D eigenvalue weighted by molar-refractivity contribution is 1.25. The van der Waals surface area contributed by atoms with Crippen LogP contribution in [0.1, 0.15) is 5.56 Å². The molecule has 0 aliphatic heterocycles. The van der Waals surface area contributed by atoms with E-state index in [0.717, 1.165) is 27.9 Å². The van der Waals surface area contributed by atoms with Gasteiger partial charge in [-0.1, -0.05) is 30.3 Å². The number of hydrogen-bond donors (Lipinski definition) is 0. The molecule has 0 unspecified atom stereocenters. The van der Waals surface area contributed by atoms with Crippen molar-refractivity contribution in [3.05, 3.63) is 66.4 Å². The lowest BCUT2D eigenvalue weighted by Gasteiger charge is -2.06. The molecule has 4 rings (SSSR count). The number of aryl methyl sites for hydroxylation is 1. The lowest BCUT2D eigenvalue weighted by atomic mass is 10.1. The Kier molecular flexibility index (Phi) is 2.64. The van der Waals surface area contributed by atoms with Crippen LogP contribution >= 0.6 is 0 Å².